The van der Waals surface area contributed by atoms with Gasteiger partial charge in [0.1, 0.15) is 11.5 Å². The third-order valence-corrected chi connectivity index (χ3v) is 7.40. The van der Waals surface area contributed by atoms with Crippen molar-refractivity contribution in [1.29, 1.82) is 0 Å². The number of halogens is 5. The first kappa shape index (κ1) is 25.1. The predicted molar refractivity (Wildman–Crippen MR) is 144 cm³/mol. The van der Waals surface area contributed by atoms with Crippen LogP contribution in [-0.4, -0.2) is 37.2 Å². The Morgan fingerprint density at radius 3 is 2.28 bits per heavy atom. The van der Waals surface area contributed by atoms with Crippen LogP contribution in [-0.2, 0) is 4.79 Å². The van der Waals surface area contributed by atoms with Crippen LogP contribution in [0, 0.1) is 0 Å². The van der Waals surface area contributed by atoms with Crippen LogP contribution in [0.4, 0.5) is 11.4 Å². The molecule has 2 heterocycles. The fourth-order valence-electron chi connectivity index (χ4n) is 3.36. The molecule has 1 saturated heterocycles. The molecular formula is C22H12Cl5N7OS. The number of carbonyl (C=O) groups excluding carboxylic acids is 1. The number of hydrazine groups is 1. The number of aliphatic imine (C=N–C) groups is 1. The number of nitrogens with one attached hydrogen (secondary N) is 1. The van der Waals surface area contributed by atoms with Gasteiger partial charge in [0.15, 0.2) is 5.25 Å². The van der Waals surface area contributed by atoms with Crippen LogP contribution in [0.25, 0.3) is 5.69 Å². The second-order valence-electron chi connectivity index (χ2n) is 7.30. The molecule has 1 unspecified atom stereocenters. The quantitative estimate of drug-likeness (QED) is 0.276. The molecule has 1 fully saturated rings. The highest BCUT2D eigenvalue weighted by atomic mass is 35.5. The summed E-state index contributed by atoms with van der Waals surface area (Å²) in [7, 11) is 0. The molecule has 182 valence electrons. The highest BCUT2D eigenvalue weighted by Gasteiger charge is 2.42. The van der Waals surface area contributed by atoms with E-state index in [0.29, 0.717) is 25.9 Å². The maximum Gasteiger partial charge on any atom is 0.267 e. The number of nitrogens with zero attached hydrogens (tertiary/aromatic N) is 6. The molecular weight excluding hydrogens is 588 g/mol. The molecule has 4 aromatic rings. The predicted octanol–water partition coefficient (Wildman–Crippen LogP) is 6.67. The SMILES string of the molecule is O=C1C(Sc2nnnn2-c2ccccc2)C(=Nc2ccc(Cl)cc2Cl)NN1c1c(Cl)cc(Cl)cc1Cl. The van der Waals surface area contributed by atoms with E-state index in [2.05, 4.69) is 25.9 Å². The van der Waals surface area contributed by atoms with Crippen molar-refractivity contribution in [2.24, 2.45) is 4.99 Å². The molecule has 0 radical (unpaired) electrons. The lowest BCUT2D eigenvalue weighted by Gasteiger charge is -2.19. The maximum absolute atomic E-state index is 13.7. The summed E-state index contributed by atoms with van der Waals surface area (Å²) in [6.45, 7) is 0. The van der Waals surface area contributed by atoms with Crippen LogP contribution in [0.15, 0.2) is 70.8 Å². The van der Waals surface area contributed by atoms with Crippen LogP contribution < -0.4 is 10.4 Å². The fraction of sp³-hybridized carbons (Fsp3) is 0.0455. The van der Waals surface area contributed by atoms with Gasteiger partial charge < -0.3 is 0 Å². The molecule has 1 N–H and O–H groups in total. The Kier molecular flexibility index (Phi) is 7.30. The van der Waals surface area contributed by atoms with Gasteiger partial charge in [-0.05, 0) is 52.9 Å². The van der Waals surface area contributed by atoms with Gasteiger partial charge in [0.25, 0.3) is 5.91 Å². The summed E-state index contributed by atoms with van der Waals surface area (Å²) >= 11 is 32.3. The zero-order valence-electron chi connectivity index (χ0n) is 17.7. The van der Waals surface area contributed by atoms with Crippen LogP contribution in [0.1, 0.15) is 0 Å². The lowest BCUT2D eigenvalue weighted by molar-refractivity contribution is -0.116. The van der Waals surface area contributed by atoms with Crippen molar-refractivity contribution >= 4 is 92.9 Å². The molecule has 3 aromatic carbocycles. The van der Waals surface area contributed by atoms with Crippen molar-refractivity contribution in [3.8, 4) is 5.69 Å². The molecule has 1 aliphatic rings. The number of benzene rings is 3. The fourth-order valence-corrected chi connectivity index (χ4v) is 5.75. The maximum atomic E-state index is 13.7. The average Bonchev–Trinajstić information content (AvgIpc) is 3.41. The third-order valence-electron chi connectivity index (χ3n) is 4.94. The van der Waals surface area contributed by atoms with Gasteiger partial charge in [-0.3, -0.25) is 10.2 Å². The van der Waals surface area contributed by atoms with E-state index in [4.69, 9.17) is 58.0 Å². The van der Waals surface area contributed by atoms with Gasteiger partial charge in [-0.25, -0.2) is 10.0 Å². The molecule has 1 aliphatic heterocycles. The van der Waals surface area contributed by atoms with Gasteiger partial charge in [0.2, 0.25) is 5.16 Å². The molecule has 0 saturated carbocycles. The highest BCUT2D eigenvalue weighted by molar-refractivity contribution is 8.01. The second-order valence-corrected chi connectivity index (χ2v) is 10.5. The largest absolute Gasteiger partial charge is 0.276 e. The zero-order chi connectivity index (χ0) is 25.4. The van der Waals surface area contributed by atoms with Gasteiger partial charge in [-0.2, -0.15) is 4.68 Å². The minimum Gasteiger partial charge on any atom is -0.276 e. The normalized spacial score (nSPS) is 16.6. The molecule has 1 amide bonds. The number of para-hydroxylation sites is 1. The molecule has 0 spiro atoms. The van der Waals surface area contributed by atoms with E-state index < -0.39 is 11.2 Å². The molecule has 5 rings (SSSR count). The summed E-state index contributed by atoms with van der Waals surface area (Å²) < 4.78 is 1.52. The topological polar surface area (TPSA) is 88.3 Å². The number of amidine groups is 1. The van der Waals surface area contributed by atoms with Crippen LogP contribution in [0.2, 0.25) is 25.1 Å². The summed E-state index contributed by atoms with van der Waals surface area (Å²) in [5, 5.41) is 14.1. The van der Waals surface area contributed by atoms with E-state index in [-0.39, 0.29) is 21.6 Å². The minimum absolute atomic E-state index is 0.178. The first-order valence-corrected chi connectivity index (χ1v) is 12.9. The third kappa shape index (κ3) is 5.00. The number of carbonyl (C=O) groups is 1. The lowest BCUT2D eigenvalue weighted by atomic mass is 10.3. The van der Waals surface area contributed by atoms with Gasteiger partial charge >= 0.3 is 0 Å². The Balaban J connectivity index is 1.58. The number of rotatable bonds is 5. The molecule has 0 aliphatic carbocycles. The first-order valence-electron chi connectivity index (χ1n) is 10.1. The molecule has 1 aromatic heterocycles. The summed E-state index contributed by atoms with van der Waals surface area (Å²) in [5.41, 5.74) is 4.36. The van der Waals surface area contributed by atoms with Gasteiger partial charge in [-0.1, -0.05) is 88.0 Å². The van der Waals surface area contributed by atoms with Crippen LogP contribution in [0.3, 0.4) is 0 Å². The van der Waals surface area contributed by atoms with E-state index in [9.17, 15) is 4.79 Å². The lowest BCUT2D eigenvalue weighted by Crippen LogP contribution is -2.36. The monoisotopic (exact) mass is 597 g/mol. The number of hydrogen-bond acceptors (Lipinski definition) is 6. The molecule has 36 heavy (non-hydrogen) atoms. The number of tetrazole rings is 1. The minimum atomic E-state index is -0.895. The number of amides is 1. The Labute approximate surface area is 234 Å². The van der Waals surface area contributed by atoms with Crippen molar-refractivity contribution < 1.29 is 4.79 Å². The zero-order valence-corrected chi connectivity index (χ0v) is 22.3. The molecule has 1 atom stereocenters. The summed E-state index contributed by atoms with van der Waals surface area (Å²) in [6.07, 6.45) is 0. The Morgan fingerprint density at radius 1 is 0.889 bits per heavy atom. The summed E-state index contributed by atoms with van der Waals surface area (Å²) in [6, 6.07) is 17.1. The van der Waals surface area contributed by atoms with Crippen LogP contribution in [0.5, 0.6) is 0 Å². The van der Waals surface area contributed by atoms with Crippen molar-refractivity contribution in [1.82, 2.24) is 25.6 Å². The van der Waals surface area contributed by atoms with E-state index in [1.807, 2.05) is 30.3 Å². The van der Waals surface area contributed by atoms with Crippen LogP contribution >= 0.6 is 69.8 Å². The standard InChI is InChI=1S/C22H12Cl5N7OS/c23-11-6-7-17(14(25)8-11)28-20-19(36-22-29-31-32-33(22)13-4-2-1-3-5-13)21(35)34(30-20)18-15(26)9-12(24)10-16(18)27/h1-10,19H,(H,28,30). The summed E-state index contributed by atoms with van der Waals surface area (Å²) in [4.78, 5) is 18.3. The van der Waals surface area contributed by atoms with Gasteiger partial charge in [-0.15, -0.1) is 5.10 Å². The number of thioether (sulfide) groups is 1. The van der Waals surface area contributed by atoms with E-state index in [0.717, 1.165) is 17.4 Å². The van der Waals surface area contributed by atoms with Crippen molar-refractivity contribution in [2.45, 2.75) is 10.4 Å². The Hall–Kier alpha value is -2.53. The number of anilines is 1. The Morgan fingerprint density at radius 2 is 1.58 bits per heavy atom. The van der Waals surface area contributed by atoms with E-state index >= 15 is 0 Å². The molecule has 0 bridgehead atoms. The number of hydrogen-bond donors (Lipinski definition) is 1. The second kappa shape index (κ2) is 10.5. The molecule has 14 heteroatoms. The van der Waals surface area contributed by atoms with Gasteiger partial charge in [0.05, 0.1) is 26.4 Å². The van der Waals surface area contributed by atoms with Crippen molar-refractivity contribution in [3.63, 3.8) is 0 Å². The van der Waals surface area contributed by atoms with Gasteiger partial charge in [0, 0.05) is 10.0 Å². The van der Waals surface area contributed by atoms with Crippen molar-refractivity contribution in [2.75, 3.05) is 5.01 Å². The number of aromatic nitrogens is 4. The smallest absolute Gasteiger partial charge is 0.267 e. The Bertz CT molecular complexity index is 1470. The van der Waals surface area contributed by atoms with Crippen molar-refractivity contribution in [3.05, 3.63) is 85.8 Å². The van der Waals surface area contributed by atoms with E-state index in [1.54, 1.807) is 18.2 Å². The first-order chi connectivity index (χ1) is 17.3. The average molecular weight is 600 g/mol. The molecule has 8 nitrogen and oxygen atoms in total. The summed E-state index contributed by atoms with van der Waals surface area (Å²) in [5.74, 6) is -0.142. The highest BCUT2D eigenvalue weighted by Crippen LogP contribution is 2.40. The van der Waals surface area contributed by atoms with E-state index in [1.165, 1.54) is 21.8 Å².